The maximum Gasteiger partial charge on any atom is 0.266 e. The van der Waals surface area contributed by atoms with Gasteiger partial charge in [-0.3, -0.25) is 9.36 Å². The van der Waals surface area contributed by atoms with Gasteiger partial charge in [0.15, 0.2) is 0 Å². The zero-order valence-corrected chi connectivity index (χ0v) is 16.5. The van der Waals surface area contributed by atoms with E-state index in [9.17, 15) is 4.79 Å². The Bertz CT molecular complexity index is 1260. The quantitative estimate of drug-likeness (QED) is 0.420. The van der Waals surface area contributed by atoms with E-state index in [1.165, 1.54) is 0 Å². The van der Waals surface area contributed by atoms with Crippen LogP contribution < -0.4 is 5.56 Å². The van der Waals surface area contributed by atoms with Crippen molar-refractivity contribution in [2.45, 2.75) is 13.8 Å². The average molecular weight is 378 g/mol. The molecule has 1 heterocycles. The van der Waals surface area contributed by atoms with Gasteiger partial charge in [0.1, 0.15) is 5.82 Å². The molecule has 4 rings (SSSR count). The molecule has 3 heteroatoms. The number of para-hydroxylation sites is 1. The van der Waals surface area contributed by atoms with E-state index >= 15 is 0 Å². The van der Waals surface area contributed by atoms with Gasteiger partial charge in [-0.15, -0.1) is 0 Å². The van der Waals surface area contributed by atoms with E-state index in [1.54, 1.807) is 4.57 Å². The standard InChI is InChI=1S/C26H22N2O/c1-19-12-15-22(16-13-19)28-25(27-24-11-7-6-10-23(24)26(28)29)17-14-20(2)18-21-8-4-3-5-9-21/h3-18H,1-2H3. The summed E-state index contributed by atoms with van der Waals surface area (Å²) < 4.78 is 1.67. The Morgan fingerprint density at radius 2 is 1.59 bits per heavy atom. The lowest BCUT2D eigenvalue weighted by Crippen LogP contribution is -2.22. The number of aryl methyl sites for hydroxylation is 1. The molecular weight excluding hydrogens is 356 g/mol. The number of hydrogen-bond donors (Lipinski definition) is 0. The first-order chi connectivity index (χ1) is 14.1. The van der Waals surface area contributed by atoms with E-state index in [1.807, 2.05) is 92.7 Å². The summed E-state index contributed by atoms with van der Waals surface area (Å²) in [4.78, 5) is 18.0. The molecule has 0 saturated carbocycles. The molecule has 0 aliphatic heterocycles. The topological polar surface area (TPSA) is 34.9 Å². The molecule has 3 aromatic carbocycles. The van der Waals surface area contributed by atoms with Crippen LogP contribution in [0.3, 0.4) is 0 Å². The molecule has 0 spiro atoms. The molecule has 0 fully saturated rings. The second-order valence-electron chi connectivity index (χ2n) is 7.10. The van der Waals surface area contributed by atoms with Gasteiger partial charge in [0.05, 0.1) is 16.6 Å². The minimum Gasteiger partial charge on any atom is -0.268 e. The Morgan fingerprint density at radius 3 is 2.34 bits per heavy atom. The zero-order valence-electron chi connectivity index (χ0n) is 16.5. The number of aromatic nitrogens is 2. The van der Waals surface area contributed by atoms with E-state index in [4.69, 9.17) is 4.98 Å². The van der Waals surface area contributed by atoms with Crippen molar-refractivity contribution in [3.05, 3.63) is 118 Å². The highest BCUT2D eigenvalue weighted by Gasteiger charge is 2.10. The summed E-state index contributed by atoms with van der Waals surface area (Å²) in [5.41, 5.74) is 4.80. The van der Waals surface area contributed by atoms with Gasteiger partial charge < -0.3 is 0 Å². The highest BCUT2D eigenvalue weighted by atomic mass is 16.1. The molecule has 0 bridgehead atoms. The molecular formula is C26H22N2O. The van der Waals surface area contributed by atoms with E-state index < -0.39 is 0 Å². The third kappa shape index (κ3) is 4.09. The Morgan fingerprint density at radius 1 is 0.897 bits per heavy atom. The van der Waals surface area contributed by atoms with E-state index in [-0.39, 0.29) is 5.56 Å². The number of rotatable bonds is 4. The van der Waals surface area contributed by atoms with Crippen molar-refractivity contribution in [3.63, 3.8) is 0 Å². The molecule has 0 atom stereocenters. The van der Waals surface area contributed by atoms with Crippen molar-refractivity contribution in [1.82, 2.24) is 9.55 Å². The fraction of sp³-hybridized carbons (Fsp3) is 0.0769. The van der Waals surface area contributed by atoms with Crippen LogP contribution in [0, 0.1) is 6.92 Å². The maximum absolute atomic E-state index is 13.2. The molecule has 0 aliphatic rings. The summed E-state index contributed by atoms with van der Waals surface area (Å²) in [7, 11) is 0. The molecule has 0 N–H and O–H groups in total. The molecule has 0 radical (unpaired) electrons. The first kappa shape index (κ1) is 18.6. The molecule has 1 aromatic heterocycles. The smallest absolute Gasteiger partial charge is 0.266 e. The molecule has 142 valence electrons. The highest BCUT2D eigenvalue weighted by molar-refractivity contribution is 5.79. The van der Waals surface area contributed by atoms with Crippen molar-refractivity contribution in [2.24, 2.45) is 0 Å². The molecule has 0 saturated heterocycles. The first-order valence-corrected chi connectivity index (χ1v) is 9.62. The van der Waals surface area contributed by atoms with Crippen LogP contribution in [0.25, 0.3) is 28.7 Å². The van der Waals surface area contributed by atoms with Crippen LogP contribution in [-0.4, -0.2) is 9.55 Å². The van der Waals surface area contributed by atoms with Gasteiger partial charge >= 0.3 is 0 Å². The summed E-state index contributed by atoms with van der Waals surface area (Å²) in [5, 5.41) is 0.613. The lowest BCUT2D eigenvalue weighted by Gasteiger charge is -2.11. The van der Waals surface area contributed by atoms with Crippen molar-refractivity contribution in [3.8, 4) is 5.69 Å². The summed E-state index contributed by atoms with van der Waals surface area (Å²) >= 11 is 0. The third-order valence-electron chi connectivity index (χ3n) is 4.78. The molecule has 0 aliphatic carbocycles. The minimum atomic E-state index is -0.0659. The van der Waals surface area contributed by atoms with Gasteiger partial charge in [-0.05, 0) is 49.8 Å². The van der Waals surface area contributed by atoms with Gasteiger partial charge in [-0.2, -0.15) is 0 Å². The predicted molar refractivity (Wildman–Crippen MR) is 121 cm³/mol. The fourth-order valence-electron chi connectivity index (χ4n) is 3.27. The summed E-state index contributed by atoms with van der Waals surface area (Å²) in [6.07, 6.45) is 6.00. The van der Waals surface area contributed by atoms with Gasteiger partial charge in [0.25, 0.3) is 5.56 Å². The Balaban J connectivity index is 1.84. The van der Waals surface area contributed by atoms with Gasteiger partial charge in [-0.25, -0.2) is 4.98 Å². The molecule has 29 heavy (non-hydrogen) atoms. The van der Waals surface area contributed by atoms with Crippen molar-refractivity contribution >= 4 is 23.1 Å². The molecule has 4 aromatic rings. The maximum atomic E-state index is 13.2. The second kappa shape index (κ2) is 8.11. The second-order valence-corrected chi connectivity index (χ2v) is 7.10. The first-order valence-electron chi connectivity index (χ1n) is 9.62. The number of fused-ring (bicyclic) bond motifs is 1. The van der Waals surface area contributed by atoms with Crippen molar-refractivity contribution in [2.75, 3.05) is 0 Å². The van der Waals surface area contributed by atoms with E-state index in [0.717, 1.165) is 22.4 Å². The monoisotopic (exact) mass is 378 g/mol. The van der Waals surface area contributed by atoms with Crippen LogP contribution in [0.5, 0.6) is 0 Å². The summed E-state index contributed by atoms with van der Waals surface area (Å²) in [6, 6.07) is 25.6. The highest BCUT2D eigenvalue weighted by Crippen LogP contribution is 2.16. The zero-order chi connectivity index (χ0) is 20.2. The van der Waals surface area contributed by atoms with Crippen LogP contribution in [0.4, 0.5) is 0 Å². The average Bonchev–Trinajstić information content (AvgIpc) is 2.74. The molecule has 0 amide bonds. The number of nitrogens with zero attached hydrogens (tertiary/aromatic N) is 2. The SMILES string of the molecule is CC(C=Cc1nc2ccccc2c(=O)n1-c1ccc(C)cc1)=Cc1ccccc1. The Kier molecular flexibility index (Phi) is 5.21. The van der Waals surface area contributed by atoms with E-state index in [0.29, 0.717) is 16.7 Å². The normalized spacial score (nSPS) is 12.0. The third-order valence-corrected chi connectivity index (χ3v) is 4.78. The van der Waals surface area contributed by atoms with Crippen LogP contribution in [0.1, 0.15) is 23.9 Å². The van der Waals surface area contributed by atoms with Gasteiger partial charge in [-0.1, -0.05) is 77.9 Å². The van der Waals surface area contributed by atoms with Crippen molar-refractivity contribution in [1.29, 1.82) is 0 Å². The Hall–Kier alpha value is -3.72. The lowest BCUT2D eigenvalue weighted by atomic mass is 10.1. The predicted octanol–water partition coefficient (Wildman–Crippen LogP) is 5.81. The van der Waals surface area contributed by atoms with Crippen LogP contribution >= 0.6 is 0 Å². The number of hydrogen-bond acceptors (Lipinski definition) is 2. The lowest BCUT2D eigenvalue weighted by molar-refractivity contribution is 0.942. The van der Waals surface area contributed by atoms with Crippen LogP contribution in [0.15, 0.2) is 95.3 Å². The largest absolute Gasteiger partial charge is 0.268 e. The van der Waals surface area contributed by atoms with Crippen LogP contribution in [0.2, 0.25) is 0 Å². The van der Waals surface area contributed by atoms with Gasteiger partial charge in [0.2, 0.25) is 0 Å². The molecule has 3 nitrogen and oxygen atoms in total. The van der Waals surface area contributed by atoms with E-state index in [2.05, 4.69) is 18.2 Å². The molecule has 0 unspecified atom stereocenters. The number of benzene rings is 3. The summed E-state index contributed by atoms with van der Waals surface area (Å²) in [6.45, 7) is 4.07. The fourth-order valence-corrected chi connectivity index (χ4v) is 3.27. The Labute approximate surface area is 170 Å². The summed E-state index contributed by atoms with van der Waals surface area (Å²) in [5.74, 6) is 0.610. The minimum absolute atomic E-state index is 0.0659. The van der Waals surface area contributed by atoms with Crippen LogP contribution in [-0.2, 0) is 0 Å². The number of allylic oxidation sites excluding steroid dienone is 2. The van der Waals surface area contributed by atoms with Gasteiger partial charge in [0, 0.05) is 0 Å². The van der Waals surface area contributed by atoms with Crippen molar-refractivity contribution < 1.29 is 0 Å².